The fourth-order valence-electron chi connectivity index (χ4n) is 2.77. The van der Waals surface area contributed by atoms with E-state index in [0.717, 1.165) is 12.2 Å². The average molecular weight is 207 g/mol. The molecule has 0 saturated heterocycles. The minimum Gasteiger partial charge on any atom is -0.333 e. The van der Waals surface area contributed by atoms with Crippen LogP contribution in [0.3, 0.4) is 0 Å². The highest BCUT2D eigenvalue weighted by atomic mass is 15.1. The third kappa shape index (κ3) is 2.07. The normalized spacial score (nSPS) is 19.6. The maximum absolute atomic E-state index is 5.69. The molecule has 0 unspecified atom stereocenters. The topological polar surface area (TPSA) is 43.8 Å². The van der Waals surface area contributed by atoms with Crippen LogP contribution in [-0.2, 0) is 13.1 Å². The Morgan fingerprint density at radius 3 is 2.80 bits per heavy atom. The Hall–Kier alpha value is -0.830. The first kappa shape index (κ1) is 10.7. The van der Waals surface area contributed by atoms with Crippen molar-refractivity contribution < 1.29 is 0 Å². The van der Waals surface area contributed by atoms with Gasteiger partial charge in [0.05, 0.1) is 12.0 Å². The van der Waals surface area contributed by atoms with Crippen molar-refractivity contribution in [1.29, 1.82) is 0 Å². The van der Waals surface area contributed by atoms with Gasteiger partial charge in [0.1, 0.15) is 0 Å². The van der Waals surface area contributed by atoms with Crippen LogP contribution in [0.5, 0.6) is 0 Å². The Labute approximate surface area is 91.7 Å². The summed E-state index contributed by atoms with van der Waals surface area (Å²) in [5, 5.41) is 0. The summed E-state index contributed by atoms with van der Waals surface area (Å²) in [5.74, 6) is 0. The van der Waals surface area contributed by atoms with Crippen LogP contribution in [0.2, 0.25) is 0 Å². The second-order valence-corrected chi connectivity index (χ2v) is 4.78. The van der Waals surface area contributed by atoms with E-state index in [0.29, 0.717) is 12.0 Å². The van der Waals surface area contributed by atoms with E-state index < -0.39 is 0 Å². The van der Waals surface area contributed by atoms with E-state index in [4.69, 9.17) is 5.73 Å². The molecule has 0 spiro atoms. The van der Waals surface area contributed by atoms with E-state index in [9.17, 15) is 0 Å². The molecule has 1 heterocycles. The van der Waals surface area contributed by atoms with Gasteiger partial charge < -0.3 is 10.3 Å². The van der Waals surface area contributed by atoms with Gasteiger partial charge in [0, 0.05) is 19.3 Å². The van der Waals surface area contributed by atoms with Gasteiger partial charge in [-0.05, 0) is 24.7 Å². The van der Waals surface area contributed by atoms with Crippen LogP contribution in [-0.4, -0.2) is 9.55 Å². The minimum atomic E-state index is 0.518. The summed E-state index contributed by atoms with van der Waals surface area (Å²) >= 11 is 0. The maximum atomic E-state index is 5.69. The van der Waals surface area contributed by atoms with Crippen molar-refractivity contribution >= 4 is 0 Å². The van der Waals surface area contributed by atoms with Crippen molar-refractivity contribution in [3.8, 4) is 0 Å². The summed E-state index contributed by atoms with van der Waals surface area (Å²) < 4.78 is 2.24. The zero-order valence-corrected chi connectivity index (χ0v) is 9.58. The predicted octanol–water partition coefficient (Wildman–Crippen LogP) is 2.31. The molecule has 3 nitrogen and oxygen atoms in total. The molecular formula is C12H21N3. The average Bonchev–Trinajstić information content (AvgIpc) is 2.88. The molecule has 3 heteroatoms. The lowest BCUT2D eigenvalue weighted by Gasteiger charge is -2.28. The molecule has 15 heavy (non-hydrogen) atoms. The van der Waals surface area contributed by atoms with E-state index in [1.54, 1.807) is 0 Å². The van der Waals surface area contributed by atoms with Crippen molar-refractivity contribution in [1.82, 2.24) is 9.55 Å². The monoisotopic (exact) mass is 207 g/mol. The van der Waals surface area contributed by atoms with Crippen LogP contribution in [0.1, 0.15) is 44.7 Å². The second kappa shape index (κ2) is 4.35. The van der Waals surface area contributed by atoms with Crippen LogP contribution in [0, 0.1) is 5.41 Å². The lowest BCUT2D eigenvalue weighted by atomic mass is 9.83. The number of nitrogens with two attached hydrogens (primary N) is 1. The Morgan fingerprint density at radius 2 is 2.20 bits per heavy atom. The smallest absolute Gasteiger partial charge is 0.0948 e. The maximum Gasteiger partial charge on any atom is 0.0948 e. The second-order valence-electron chi connectivity index (χ2n) is 4.78. The molecule has 2 rings (SSSR count). The van der Waals surface area contributed by atoms with Gasteiger partial charge in [0.15, 0.2) is 0 Å². The molecule has 0 amide bonds. The quantitative estimate of drug-likeness (QED) is 0.823. The molecule has 0 aromatic carbocycles. The zero-order chi connectivity index (χ0) is 10.7. The number of aromatic nitrogens is 2. The van der Waals surface area contributed by atoms with Crippen molar-refractivity contribution in [2.45, 2.75) is 52.1 Å². The lowest BCUT2D eigenvalue weighted by Crippen LogP contribution is -2.24. The van der Waals surface area contributed by atoms with Gasteiger partial charge >= 0.3 is 0 Å². The largest absolute Gasteiger partial charge is 0.333 e. The molecule has 1 aromatic rings. The van der Waals surface area contributed by atoms with E-state index in [1.807, 2.05) is 12.5 Å². The van der Waals surface area contributed by atoms with Crippen molar-refractivity contribution in [2.24, 2.45) is 11.1 Å². The lowest BCUT2D eigenvalue weighted by molar-refractivity contribution is 0.235. The SMILES string of the molecule is CCC1(Cn2cncc2CN)CCCC1. The van der Waals surface area contributed by atoms with E-state index in [2.05, 4.69) is 16.5 Å². The molecule has 1 aliphatic carbocycles. The molecule has 84 valence electrons. The number of imidazole rings is 1. The predicted molar refractivity (Wildman–Crippen MR) is 61.3 cm³/mol. The van der Waals surface area contributed by atoms with Gasteiger partial charge in [-0.15, -0.1) is 0 Å². The third-order valence-electron chi connectivity index (χ3n) is 3.93. The zero-order valence-electron chi connectivity index (χ0n) is 9.58. The van der Waals surface area contributed by atoms with Crippen molar-refractivity contribution in [3.63, 3.8) is 0 Å². The highest BCUT2D eigenvalue weighted by Crippen LogP contribution is 2.42. The molecule has 2 N–H and O–H groups in total. The molecule has 0 radical (unpaired) electrons. The molecule has 1 fully saturated rings. The van der Waals surface area contributed by atoms with Crippen LogP contribution in [0.4, 0.5) is 0 Å². The molecule has 1 aromatic heterocycles. The summed E-state index contributed by atoms with van der Waals surface area (Å²) in [4.78, 5) is 4.18. The first-order chi connectivity index (χ1) is 7.29. The number of hydrogen-bond acceptors (Lipinski definition) is 2. The molecule has 0 atom stereocenters. The van der Waals surface area contributed by atoms with Crippen LogP contribution < -0.4 is 5.73 Å². The first-order valence-electron chi connectivity index (χ1n) is 5.99. The molecule has 0 bridgehead atoms. The van der Waals surface area contributed by atoms with Crippen molar-refractivity contribution in [3.05, 3.63) is 18.2 Å². The fraction of sp³-hybridized carbons (Fsp3) is 0.750. The van der Waals surface area contributed by atoms with Crippen LogP contribution in [0.15, 0.2) is 12.5 Å². The number of rotatable bonds is 4. The number of hydrogen-bond donors (Lipinski definition) is 1. The summed E-state index contributed by atoms with van der Waals surface area (Å²) in [6.07, 6.45) is 10.6. The molecule has 1 aliphatic rings. The van der Waals surface area contributed by atoms with Gasteiger partial charge in [-0.2, -0.15) is 0 Å². The minimum absolute atomic E-state index is 0.518. The summed E-state index contributed by atoms with van der Waals surface area (Å²) in [6.45, 7) is 4.01. The summed E-state index contributed by atoms with van der Waals surface area (Å²) in [5.41, 5.74) is 7.37. The Bertz CT molecular complexity index is 310. The third-order valence-corrected chi connectivity index (χ3v) is 3.93. The first-order valence-corrected chi connectivity index (χ1v) is 5.99. The Balaban J connectivity index is 2.12. The van der Waals surface area contributed by atoms with Gasteiger partial charge in [-0.3, -0.25) is 0 Å². The Kier molecular flexibility index (Phi) is 3.10. The Morgan fingerprint density at radius 1 is 1.47 bits per heavy atom. The highest BCUT2D eigenvalue weighted by molar-refractivity contribution is 4.99. The number of nitrogens with zero attached hydrogens (tertiary/aromatic N) is 2. The molecule has 1 saturated carbocycles. The van der Waals surface area contributed by atoms with E-state index in [1.165, 1.54) is 32.1 Å². The van der Waals surface area contributed by atoms with Gasteiger partial charge in [-0.1, -0.05) is 19.8 Å². The van der Waals surface area contributed by atoms with Crippen molar-refractivity contribution in [2.75, 3.05) is 0 Å². The van der Waals surface area contributed by atoms with Crippen LogP contribution >= 0.6 is 0 Å². The van der Waals surface area contributed by atoms with E-state index in [-0.39, 0.29) is 0 Å². The summed E-state index contributed by atoms with van der Waals surface area (Å²) in [7, 11) is 0. The van der Waals surface area contributed by atoms with Gasteiger partial charge in [0.25, 0.3) is 0 Å². The highest BCUT2D eigenvalue weighted by Gasteiger charge is 2.32. The van der Waals surface area contributed by atoms with Crippen LogP contribution in [0.25, 0.3) is 0 Å². The fourth-order valence-corrected chi connectivity index (χ4v) is 2.77. The van der Waals surface area contributed by atoms with Gasteiger partial charge in [-0.25, -0.2) is 4.98 Å². The molecular weight excluding hydrogens is 186 g/mol. The van der Waals surface area contributed by atoms with E-state index >= 15 is 0 Å². The standard InChI is InChI=1S/C12H21N3/c1-2-12(5-3-4-6-12)9-15-10-14-8-11(15)7-13/h8,10H,2-7,9,13H2,1H3. The summed E-state index contributed by atoms with van der Waals surface area (Å²) in [6, 6.07) is 0. The molecule has 0 aliphatic heterocycles. The van der Waals surface area contributed by atoms with Gasteiger partial charge in [0.2, 0.25) is 0 Å².